The monoisotopic (exact) mass is 320 g/mol. The second-order valence-electron chi connectivity index (χ2n) is 4.50. The summed E-state index contributed by atoms with van der Waals surface area (Å²) >= 11 is 5.73. The molecule has 1 heterocycles. The maximum atomic E-state index is 12.5. The summed E-state index contributed by atoms with van der Waals surface area (Å²) in [5.41, 5.74) is 0. The van der Waals surface area contributed by atoms with Gasteiger partial charge in [-0.05, 0) is 18.6 Å². The van der Waals surface area contributed by atoms with E-state index in [4.69, 9.17) is 16.7 Å². The Labute approximate surface area is 125 Å². The lowest BCUT2D eigenvalue weighted by atomic mass is 10.2. The van der Waals surface area contributed by atoms with Crippen molar-refractivity contribution in [3.8, 4) is 0 Å². The first-order valence-electron chi connectivity index (χ1n) is 6.75. The van der Waals surface area contributed by atoms with Crippen molar-refractivity contribution >= 4 is 21.6 Å². The van der Waals surface area contributed by atoms with Crippen molar-refractivity contribution in [3.63, 3.8) is 0 Å². The van der Waals surface area contributed by atoms with Gasteiger partial charge in [0.05, 0.1) is 11.5 Å². The molecule has 0 bridgehead atoms. The molecule has 20 heavy (non-hydrogen) atoms. The van der Waals surface area contributed by atoms with Crippen molar-refractivity contribution in [2.24, 2.45) is 0 Å². The number of nitrogens with zero attached hydrogens (tertiary/aromatic N) is 2. The van der Waals surface area contributed by atoms with Crippen LogP contribution in [0.15, 0.2) is 23.2 Å². The zero-order valence-corrected chi connectivity index (χ0v) is 13.2. The first-order chi connectivity index (χ1) is 9.52. The Bertz CT molecular complexity index is 508. The normalized spacial score (nSPS) is 12.0. The Kier molecular flexibility index (Phi) is 7.43. The summed E-state index contributed by atoms with van der Waals surface area (Å²) in [6.45, 7) is 2.39. The summed E-state index contributed by atoms with van der Waals surface area (Å²) in [6.07, 6.45) is 5.29. The molecule has 0 aromatic carbocycles. The van der Waals surface area contributed by atoms with Crippen LogP contribution in [0.2, 0.25) is 5.15 Å². The van der Waals surface area contributed by atoms with Crippen LogP contribution < -0.4 is 0 Å². The van der Waals surface area contributed by atoms with Crippen molar-refractivity contribution in [1.29, 1.82) is 0 Å². The van der Waals surface area contributed by atoms with Crippen LogP contribution in [0.25, 0.3) is 0 Å². The van der Waals surface area contributed by atoms with E-state index in [9.17, 15) is 8.42 Å². The second kappa shape index (κ2) is 8.56. The molecule has 0 radical (unpaired) electrons. The minimum atomic E-state index is -3.62. The summed E-state index contributed by atoms with van der Waals surface area (Å²) < 4.78 is 26.2. The topological polar surface area (TPSA) is 70.5 Å². The molecule has 0 aliphatic carbocycles. The fourth-order valence-corrected chi connectivity index (χ4v) is 3.59. The van der Waals surface area contributed by atoms with Gasteiger partial charge in [0.15, 0.2) is 0 Å². The predicted molar refractivity (Wildman–Crippen MR) is 79.2 cm³/mol. The van der Waals surface area contributed by atoms with Gasteiger partial charge in [0.25, 0.3) is 0 Å². The third-order valence-electron chi connectivity index (χ3n) is 2.95. The number of aromatic nitrogens is 1. The van der Waals surface area contributed by atoms with Crippen LogP contribution >= 0.6 is 11.6 Å². The van der Waals surface area contributed by atoms with Crippen LogP contribution in [0, 0.1) is 0 Å². The maximum absolute atomic E-state index is 12.5. The molecule has 1 aromatic heterocycles. The molecule has 0 fully saturated rings. The SMILES string of the molecule is CCCCCCN(CCO)S(=O)(=O)c1ccnc(Cl)c1. The lowest BCUT2D eigenvalue weighted by Gasteiger charge is -2.21. The van der Waals surface area contributed by atoms with E-state index >= 15 is 0 Å². The second-order valence-corrected chi connectivity index (χ2v) is 6.83. The first kappa shape index (κ1) is 17.4. The highest BCUT2D eigenvalue weighted by Gasteiger charge is 2.23. The lowest BCUT2D eigenvalue weighted by molar-refractivity contribution is 0.251. The zero-order chi connectivity index (χ0) is 15.0. The summed E-state index contributed by atoms with van der Waals surface area (Å²) in [5.74, 6) is 0. The van der Waals surface area contributed by atoms with E-state index in [1.165, 1.54) is 22.6 Å². The largest absolute Gasteiger partial charge is 0.395 e. The smallest absolute Gasteiger partial charge is 0.243 e. The van der Waals surface area contributed by atoms with Gasteiger partial charge < -0.3 is 5.11 Å². The molecule has 0 amide bonds. The molecule has 0 atom stereocenters. The van der Waals surface area contributed by atoms with E-state index in [0.29, 0.717) is 6.54 Å². The fourth-order valence-electron chi connectivity index (χ4n) is 1.87. The van der Waals surface area contributed by atoms with Gasteiger partial charge in [-0.2, -0.15) is 4.31 Å². The van der Waals surface area contributed by atoms with Crippen LogP contribution in [0.3, 0.4) is 0 Å². The number of pyridine rings is 1. The van der Waals surface area contributed by atoms with Gasteiger partial charge in [-0.15, -0.1) is 0 Å². The molecule has 0 saturated carbocycles. The minimum Gasteiger partial charge on any atom is -0.395 e. The highest BCUT2D eigenvalue weighted by atomic mass is 35.5. The molecular weight excluding hydrogens is 300 g/mol. The molecule has 1 N–H and O–H groups in total. The number of aliphatic hydroxyl groups excluding tert-OH is 1. The average Bonchev–Trinajstić information content (AvgIpc) is 2.42. The van der Waals surface area contributed by atoms with Gasteiger partial charge in [0.1, 0.15) is 5.15 Å². The van der Waals surface area contributed by atoms with E-state index in [1.807, 2.05) is 0 Å². The summed E-state index contributed by atoms with van der Waals surface area (Å²) in [6, 6.07) is 2.74. The molecule has 0 saturated heterocycles. The fraction of sp³-hybridized carbons (Fsp3) is 0.615. The Balaban J connectivity index is 2.83. The standard InChI is InChI=1S/C13H21ClN2O3S/c1-2-3-4-5-8-16(9-10-17)20(18,19)12-6-7-15-13(14)11-12/h6-7,11,17H,2-5,8-10H2,1H3. The Morgan fingerprint density at radius 1 is 1.30 bits per heavy atom. The highest BCUT2D eigenvalue weighted by molar-refractivity contribution is 7.89. The van der Waals surface area contributed by atoms with E-state index in [0.717, 1.165) is 25.7 Å². The zero-order valence-electron chi connectivity index (χ0n) is 11.6. The molecular formula is C13H21ClN2O3S. The molecule has 0 unspecified atom stereocenters. The molecule has 0 aliphatic rings. The van der Waals surface area contributed by atoms with E-state index in [1.54, 1.807) is 0 Å². The number of sulfonamides is 1. The van der Waals surface area contributed by atoms with Gasteiger partial charge in [-0.1, -0.05) is 37.8 Å². The van der Waals surface area contributed by atoms with Crippen molar-refractivity contribution in [3.05, 3.63) is 23.5 Å². The van der Waals surface area contributed by atoms with Gasteiger partial charge >= 0.3 is 0 Å². The average molecular weight is 321 g/mol. The van der Waals surface area contributed by atoms with Crippen LogP contribution in [-0.2, 0) is 10.0 Å². The van der Waals surface area contributed by atoms with Gasteiger partial charge in [-0.25, -0.2) is 13.4 Å². The molecule has 114 valence electrons. The number of unbranched alkanes of at least 4 members (excludes halogenated alkanes) is 3. The minimum absolute atomic E-state index is 0.0917. The summed E-state index contributed by atoms with van der Waals surface area (Å²) in [7, 11) is -3.62. The number of halogens is 1. The molecule has 7 heteroatoms. The van der Waals surface area contributed by atoms with Crippen LogP contribution in [0.5, 0.6) is 0 Å². The number of hydrogen-bond donors (Lipinski definition) is 1. The number of hydrogen-bond acceptors (Lipinski definition) is 4. The van der Waals surface area contributed by atoms with Crippen LogP contribution in [0.1, 0.15) is 32.6 Å². The third-order valence-corrected chi connectivity index (χ3v) is 5.05. The summed E-state index contributed by atoms with van der Waals surface area (Å²) in [4.78, 5) is 3.89. The van der Waals surface area contributed by atoms with Gasteiger partial charge in [0.2, 0.25) is 10.0 Å². The molecule has 1 aromatic rings. The van der Waals surface area contributed by atoms with E-state index < -0.39 is 10.0 Å². The van der Waals surface area contributed by atoms with E-state index in [2.05, 4.69) is 11.9 Å². The highest BCUT2D eigenvalue weighted by Crippen LogP contribution is 2.18. The van der Waals surface area contributed by atoms with Crippen molar-refractivity contribution in [1.82, 2.24) is 9.29 Å². The molecule has 0 spiro atoms. The third kappa shape index (κ3) is 5.01. The molecule has 5 nitrogen and oxygen atoms in total. The van der Waals surface area contributed by atoms with Crippen molar-refractivity contribution in [2.75, 3.05) is 19.7 Å². The Morgan fingerprint density at radius 2 is 2.05 bits per heavy atom. The van der Waals surface area contributed by atoms with Crippen LogP contribution in [-0.4, -0.2) is 42.5 Å². The predicted octanol–water partition coefficient (Wildman–Crippen LogP) is 2.30. The molecule has 1 rings (SSSR count). The number of rotatable bonds is 9. The molecule has 0 aliphatic heterocycles. The summed E-state index contributed by atoms with van der Waals surface area (Å²) in [5, 5.41) is 9.20. The van der Waals surface area contributed by atoms with E-state index in [-0.39, 0.29) is 23.2 Å². The lowest BCUT2D eigenvalue weighted by Crippen LogP contribution is -2.34. The van der Waals surface area contributed by atoms with Gasteiger partial charge in [0, 0.05) is 19.3 Å². The van der Waals surface area contributed by atoms with Gasteiger partial charge in [-0.3, -0.25) is 0 Å². The Hall–Kier alpha value is -0.690. The number of aliphatic hydroxyl groups is 1. The van der Waals surface area contributed by atoms with Crippen LogP contribution in [0.4, 0.5) is 0 Å². The first-order valence-corrected chi connectivity index (χ1v) is 8.56. The quantitative estimate of drug-likeness (QED) is 0.560. The Morgan fingerprint density at radius 3 is 2.65 bits per heavy atom. The maximum Gasteiger partial charge on any atom is 0.243 e. The van der Waals surface area contributed by atoms with Crippen molar-refractivity contribution < 1.29 is 13.5 Å². The van der Waals surface area contributed by atoms with Crippen molar-refractivity contribution in [2.45, 2.75) is 37.5 Å².